The summed E-state index contributed by atoms with van der Waals surface area (Å²) in [5.41, 5.74) is 2.87. The number of nitrogens with zero attached hydrogens (tertiary/aromatic N) is 2. The number of aryl methyl sites for hydroxylation is 1. The molecule has 1 aromatic heterocycles. The number of anilines is 1. The van der Waals surface area contributed by atoms with E-state index in [9.17, 15) is 9.59 Å². The average Bonchev–Trinajstić information content (AvgIpc) is 3.30. The van der Waals surface area contributed by atoms with Gasteiger partial charge in [-0.1, -0.05) is 48.5 Å². The molecule has 0 saturated carbocycles. The van der Waals surface area contributed by atoms with Crippen LogP contribution < -0.4 is 5.32 Å². The van der Waals surface area contributed by atoms with E-state index in [-0.39, 0.29) is 24.5 Å². The van der Waals surface area contributed by atoms with Crippen LogP contribution in [0.3, 0.4) is 0 Å². The molecule has 0 radical (unpaired) electrons. The first-order valence-electron chi connectivity index (χ1n) is 10.9. The Hall–Kier alpha value is -3.54. The van der Waals surface area contributed by atoms with Crippen LogP contribution in [0.2, 0.25) is 0 Å². The minimum absolute atomic E-state index is 0.00905. The zero-order valence-electron chi connectivity index (χ0n) is 19.0. The van der Waals surface area contributed by atoms with Crippen molar-refractivity contribution in [2.24, 2.45) is 0 Å². The van der Waals surface area contributed by atoms with Crippen molar-refractivity contribution in [3.63, 3.8) is 0 Å². The molecule has 3 rings (SSSR count). The van der Waals surface area contributed by atoms with Crippen LogP contribution in [0, 0.1) is 6.92 Å². The predicted octanol–water partition coefficient (Wildman–Crippen LogP) is 5.10. The van der Waals surface area contributed by atoms with Crippen molar-refractivity contribution in [2.45, 2.75) is 39.8 Å². The third-order valence-corrected chi connectivity index (χ3v) is 5.37. The smallest absolute Gasteiger partial charge is 0.322 e. The molecule has 6 nitrogen and oxygen atoms in total. The first kappa shape index (κ1) is 23.1. The molecule has 1 heterocycles. The number of carbonyl (C=O) groups excluding carboxylic acids is 2. The molecule has 0 aliphatic carbocycles. The molecule has 0 fully saturated rings. The van der Waals surface area contributed by atoms with Crippen LogP contribution in [0.4, 0.5) is 10.5 Å². The fourth-order valence-corrected chi connectivity index (χ4v) is 3.43. The van der Waals surface area contributed by atoms with Crippen molar-refractivity contribution in [1.29, 1.82) is 0 Å². The lowest BCUT2D eigenvalue weighted by Crippen LogP contribution is -2.47. The van der Waals surface area contributed by atoms with Crippen molar-refractivity contribution in [3.05, 3.63) is 89.9 Å². The molecule has 1 N–H and O–H groups in total. The van der Waals surface area contributed by atoms with Gasteiger partial charge in [-0.2, -0.15) is 0 Å². The predicted molar refractivity (Wildman–Crippen MR) is 126 cm³/mol. The van der Waals surface area contributed by atoms with Crippen molar-refractivity contribution in [3.8, 4) is 0 Å². The molecule has 2 aromatic carbocycles. The van der Waals surface area contributed by atoms with Gasteiger partial charge in [0.25, 0.3) is 0 Å². The lowest BCUT2D eigenvalue weighted by atomic mass is 10.1. The maximum atomic E-state index is 13.3. The van der Waals surface area contributed by atoms with Gasteiger partial charge in [0.1, 0.15) is 12.3 Å². The summed E-state index contributed by atoms with van der Waals surface area (Å²) < 4.78 is 5.47. The van der Waals surface area contributed by atoms with Crippen molar-refractivity contribution in [2.75, 3.05) is 18.4 Å². The summed E-state index contributed by atoms with van der Waals surface area (Å²) in [6.07, 6.45) is 2.33. The summed E-state index contributed by atoms with van der Waals surface area (Å²) in [5, 5.41) is 2.94. The molecule has 0 atom stereocenters. The quantitative estimate of drug-likeness (QED) is 0.510. The fraction of sp³-hybridized carbons (Fsp3) is 0.308. The SMILES string of the molecule is Cc1ccccc1NC(=O)N(CC(=O)N(CCc1ccccc1)Cc1ccco1)C(C)C. The molecule has 0 bridgehead atoms. The minimum Gasteiger partial charge on any atom is -0.467 e. The first-order valence-corrected chi connectivity index (χ1v) is 10.9. The minimum atomic E-state index is -0.288. The maximum Gasteiger partial charge on any atom is 0.322 e. The van der Waals surface area contributed by atoms with Gasteiger partial charge in [0.15, 0.2) is 0 Å². The van der Waals surface area contributed by atoms with E-state index >= 15 is 0 Å². The summed E-state index contributed by atoms with van der Waals surface area (Å²) in [6, 6.07) is 20.9. The van der Waals surface area contributed by atoms with E-state index in [0.717, 1.165) is 23.2 Å². The van der Waals surface area contributed by atoms with Crippen LogP contribution in [-0.4, -0.2) is 40.9 Å². The van der Waals surface area contributed by atoms with Crippen LogP contribution in [0.15, 0.2) is 77.4 Å². The zero-order chi connectivity index (χ0) is 22.9. The van der Waals surface area contributed by atoms with E-state index in [1.54, 1.807) is 16.1 Å². The number of rotatable bonds is 9. The summed E-state index contributed by atoms with van der Waals surface area (Å²) >= 11 is 0. The number of benzene rings is 2. The molecule has 3 aromatic rings. The van der Waals surface area contributed by atoms with Gasteiger partial charge in [0, 0.05) is 18.3 Å². The van der Waals surface area contributed by atoms with E-state index in [1.165, 1.54) is 0 Å². The van der Waals surface area contributed by atoms with Gasteiger partial charge in [0.05, 0.1) is 12.8 Å². The zero-order valence-corrected chi connectivity index (χ0v) is 19.0. The molecule has 0 aliphatic rings. The third kappa shape index (κ3) is 6.48. The molecule has 6 heteroatoms. The van der Waals surface area contributed by atoms with Crippen molar-refractivity contribution >= 4 is 17.6 Å². The van der Waals surface area contributed by atoms with E-state index in [2.05, 4.69) is 5.32 Å². The van der Waals surface area contributed by atoms with Crippen LogP contribution in [0.25, 0.3) is 0 Å². The van der Waals surface area contributed by atoms with Gasteiger partial charge < -0.3 is 19.5 Å². The molecule has 168 valence electrons. The molecule has 3 amide bonds. The normalized spacial score (nSPS) is 10.8. The second kappa shape index (κ2) is 11.2. The number of hydrogen-bond donors (Lipinski definition) is 1. The standard InChI is InChI=1S/C26H31N3O3/c1-20(2)29(26(31)27-24-14-8-7-10-21(24)3)19-25(30)28(18-23-13-9-17-32-23)16-15-22-11-5-4-6-12-22/h4-14,17,20H,15-16,18-19H2,1-3H3,(H,27,31). The Kier molecular flexibility index (Phi) is 8.08. The second-order valence-electron chi connectivity index (χ2n) is 8.10. The highest BCUT2D eigenvalue weighted by Gasteiger charge is 2.24. The fourth-order valence-electron chi connectivity index (χ4n) is 3.43. The first-order chi connectivity index (χ1) is 15.4. The number of furan rings is 1. The Balaban J connectivity index is 1.70. The second-order valence-corrected chi connectivity index (χ2v) is 8.10. The summed E-state index contributed by atoms with van der Waals surface area (Å²) in [4.78, 5) is 29.6. The number of amides is 3. The maximum absolute atomic E-state index is 13.3. The third-order valence-electron chi connectivity index (χ3n) is 5.37. The molecule has 32 heavy (non-hydrogen) atoms. The van der Waals surface area contributed by atoms with E-state index < -0.39 is 0 Å². The van der Waals surface area contributed by atoms with Gasteiger partial charge in [-0.05, 0) is 56.5 Å². The Morgan fingerprint density at radius 2 is 1.69 bits per heavy atom. The Morgan fingerprint density at radius 3 is 2.34 bits per heavy atom. The number of urea groups is 1. The number of hydrogen-bond acceptors (Lipinski definition) is 3. The Morgan fingerprint density at radius 1 is 0.969 bits per heavy atom. The average molecular weight is 434 g/mol. The highest BCUT2D eigenvalue weighted by atomic mass is 16.3. The highest BCUT2D eigenvalue weighted by molar-refractivity contribution is 5.93. The van der Waals surface area contributed by atoms with Crippen molar-refractivity contribution < 1.29 is 14.0 Å². The van der Waals surface area contributed by atoms with Gasteiger partial charge in [-0.3, -0.25) is 4.79 Å². The van der Waals surface area contributed by atoms with Gasteiger partial charge in [0.2, 0.25) is 5.91 Å². The Labute approximate surface area is 189 Å². The van der Waals surface area contributed by atoms with Crippen molar-refractivity contribution in [1.82, 2.24) is 9.80 Å². The number of para-hydroxylation sites is 1. The highest BCUT2D eigenvalue weighted by Crippen LogP contribution is 2.15. The summed E-state index contributed by atoms with van der Waals surface area (Å²) in [5.74, 6) is 0.595. The molecule has 0 spiro atoms. The van der Waals surface area contributed by atoms with Gasteiger partial charge in [-0.15, -0.1) is 0 Å². The molecule has 0 aliphatic heterocycles. The number of nitrogens with one attached hydrogen (secondary N) is 1. The van der Waals surface area contributed by atoms with Crippen LogP contribution in [0.1, 0.15) is 30.7 Å². The summed E-state index contributed by atoms with van der Waals surface area (Å²) in [7, 11) is 0. The van der Waals surface area contributed by atoms with E-state index in [4.69, 9.17) is 4.42 Å². The van der Waals surface area contributed by atoms with E-state index in [1.807, 2.05) is 87.5 Å². The topological polar surface area (TPSA) is 65.8 Å². The molecular weight excluding hydrogens is 402 g/mol. The van der Waals surface area contributed by atoms with Crippen LogP contribution >= 0.6 is 0 Å². The largest absolute Gasteiger partial charge is 0.467 e. The number of carbonyl (C=O) groups is 2. The monoisotopic (exact) mass is 433 g/mol. The molecular formula is C26H31N3O3. The molecule has 0 saturated heterocycles. The van der Waals surface area contributed by atoms with Crippen LogP contribution in [-0.2, 0) is 17.8 Å². The lowest BCUT2D eigenvalue weighted by Gasteiger charge is -2.30. The lowest BCUT2D eigenvalue weighted by molar-refractivity contribution is -0.133. The molecule has 0 unspecified atom stereocenters. The van der Waals surface area contributed by atoms with Crippen LogP contribution in [0.5, 0.6) is 0 Å². The summed E-state index contributed by atoms with van der Waals surface area (Å²) in [6.45, 7) is 6.65. The van der Waals surface area contributed by atoms with Gasteiger partial charge >= 0.3 is 6.03 Å². The van der Waals surface area contributed by atoms with E-state index in [0.29, 0.717) is 18.8 Å². The van der Waals surface area contributed by atoms with Gasteiger partial charge in [-0.25, -0.2) is 4.79 Å². The Bertz CT molecular complexity index is 1000.